The van der Waals surface area contributed by atoms with Crippen LogP contribution < -0.4 is 5.32 Å². The van der Waals surface area contributed by atoms with E-state index in [2.05, 4.69) is 5.32 Å². The Labute approximate surface area is 165 Å². The van der Waals surface area contributed by atoms with Gasteiger partial charge in [-0.2, -0.15) is 0 Å². The van der Waals surface area contributed by atoms with Gasteiger partial charge in [0.15, 0.2) is 0 Å². The number of non-ortho nitro benzene ring substituents is 1. The van der Waals surface area contributed by atoms with E-state index >= 15 is 0 Å². The average molecular weight is 408 g/mol. The molecule has 1 heterocycles. The minimum Gasteiger partial charge on any atom is -0.327 e. The largest absolute Gasteiger partial charge is 0.327 e. The van der Waals surface area contributed by atoms with Gasteiger partial charge in [0.05, 0.1) is 15.5 Å². The van der Waals surface area contributed by atoms with Crippen LogP contribution in [0.1, 0.15) is 23.2 Å². The molecule has 0 radical (unpaired) electrons. The van der Waals surface area contributed by atoms with Gasteiger partial charge in [0, 0.05) is 29.4 Å². The Kier molecular flexibility index (Phi) is 5.62. The Morgan fingerprint density at radius 3 is 2.70 bits per heavy atom. The van der Waals surface area contributed by atoms with Crippen LogP contribution in [-0.2, 0) is 4.79 Å². The highest BCUT2D eigenvalue weighted by Gasteiger charge is 2.35. The third kappa shape index (κ3) is 4.20. The monoisotopic (exact) mass is 407 g/mol. The highest BCUT2D eigenvalue weighted by molar-refractivity contribution is 6.35. The second-order valence-electron chi connectivity index (χ2n) is 6.08. The van der Waals surface area contributed by atoms with Crippen LogP contribution in [0, 0.1) is 10.1 Å². The highest BCUT2D eigenvalue weighted by Crippen LogP contribution is 2.27. The zero-order chi connectivity index (χ0) is 19.6. The van der Waals surface area contributed by atoms with E-state index in [1.165, 1.54) is 35.2 Å². The average Bonchev–Trinajstić information content (AvgIpc) is 3.13. The summed E-state index contributed by atoms with van der Waals surface area (Å²) < 4.78 is 0. The molecular formula is C18H15Cl2N3O4. The van der Waals surface area contributed by atoms with Gasteiger partial charge in [0.2, 0.25) is 5.91 Å². The fraction of sp³-hybridized carbons (Fsp3) is 0.222. The zero-order valence-electron chi connectivity index (χ0n) is 14.0. The Morgan fingerprint density at radius 2 is 1.96 bits per heavy atom. The lowest BCUT2D eigenvalue weighted by Crippen LogP contribution is -2.43. The van der Waals surface area contributed by atoms with Crippen LogP contribution in [0.4, 0.5) is 11.4 Å². The van der Waals surface area contributed by atoms with Crippen LogP contribution in [0.25, 0.3) is 0 Å². The molecule has 2 aromatic carbocycles. The van der Waals surface area contributed by atoms with Gasteiger partial charge in [-0.25, -0.2) is 0 Å². The van der Waals surface area contributed by atoms with E-state index in [1.807, 2.05) is 0 Å². The first-order valence-corrected chi connectivity index (χ1v) is 8.94. The van der Waals surface area contributed by atoms with Crippen molar-refractivity contribution >= 4 is 46.4 Å². The number of carbonyl (C=O) groups is 2. The molecule has 1 saturated heterocycles. The second-order valence-corrected chi connectivity index (χ2v) is 6.92. The third-order valence-electron chi connectivity index (χ3n) is 4.30. The molecule has 2 amide bonds. The summed E-state index contributed by atoms with van der Waals surface area (Å²) in [6, 6.07) is 9.54. The summed E-state index contributed by atoms with van der Waals surface area (Å²) in [7, 11) is 0. The van der Waals surface area contributed by atoms with E-state index in [1.54, 1.807) is 12.1 Å². The molecule has 1 N–H and O–H groups in total. The van der Waals surface area contributed by atoms with Crippen LogP contribution in [0.15, 0.2) is 42.5 Å². The zero-order valence-corrected chi connectivity index (χ0v) is 15.5. The Balaban J connectivity index is 1.78. The molecule has 140 valence electrons. The molecule has 1 fully saturated rings. The van der Waals surface area contributed by atoms with Gasteiger partial charge in [-0.3, -0.25) is 19.7 Å². The summed E-state index contributed by atoms with van der Waals surface area (Å²) in [6.07, 6.45) is 1.15. The number of halogens is 2. The Hall–Kier alpha value is -2.64. The molecule has 0 aliphatic carbocycles. The summed E-state index contributed by atoms with van der Waals surface area (Å²) >= 11 is 12.1. The molecule has 1 atom stereocenters. The maximum atomic E-state index is 12.8. The van der Waals surface area contributed by atoms with Crippen LogP contribution >= 0.6 is 23.2 Å². The van der Waals surface area contributed by atoms with E-state index in [0.717, 1.165) is 0 Å². The molecule has 0 spiro atoms. The minimum absolute atomic E-state index is 0.127. The van der Waals surface area contributed by atoms with E-state index in [0.29, 0.717) is 30.1 Å². The number of likely N-dealkylation sites (tertiary alicyclic amines) is 1. The first-order chi connectivity index (χ1) is 12.9. The lowest BCUT2D eigenvalue weighted by atomic mass is 10.1. The molecular weight excluding hydrogens is 393 g/mol. The second kappa shape index (κ2) is 7.94. The van der Waals surface area contributed by atoms with Gasteiger partial charge in [0.1, 0.15) is 6.04 Å². The number of nitrogens with zero attached hydrogens (tertiary/aromatic N) is 2. The number of hydrogen-bond acceptors (Lipinski definition) is 4. The third-order valence-corrected chi connectivity index (χ3v) is 4.86. The summed E-state index contributed by atoms with van der Waals surface area (Å²) in [5.74, 6) is -0.779. The lowest BCUT2D eigenvalue weighted by molar-refractivity contribution is -0.384. The minimum atomic E-state index is -0.688. The molecule has 3 rings (SSSR count). The van der Waals surface area contributed by atoms with E-state index in [-0.39, 0.29) is 22.2 Å². The number of amides is 2. The van der Waals surface area contributed by atoms with E-state index in [4.69, 9.17) is 23.2 Å². The van der Waals surface area contributed by atoms with Crippen molar-refractivity contribution in [2.75, 3.05) is 11.9 Å². The van der Waals surface area contributed by atoms with Gasteiger partial charge >= 0.3 is 0 Å². The lowest BCUT2D eigenvalue weighted by Gasteiger charge is -2.24. The SMILES string of the molecule is O=C(Nc1cccc([N+](=O)[O-])c1)C1CCCN1C(=O)c1cc(Cl)ccc1Cl. The fourth-order valence-electron chi connectivity index (χ4n) is 3.02. The first kappa shape index (κ1) is 19.1. The highest BCUT2D eigenvalue weighted by atomic mass is 35.5. The van der Waals surface area contributed by atoms with Crippen molar-refractivity contribution in [3.05, 3.63) is 68.2 Å². The topological polar surface area (TPSA) is 92.5 Å². The molecule has 2 aromatic rings. The smallest absolute Gasteiger partial charge is 0.271 e. The van der Waals surface area contributed by atoms with Crippen molar-refractivity contribution in [3.8, 4) is 0 Å². The van der Waals surface area contributed by atoms with Crippen LogP contribution in [0.3, 0.4) is 0 Å². The first-order valence-electron chi connectivity index (χ1n) is 8.18. The summed E-state index contributed by atoms with van der Waals surface area (Å²) in [5.41, 5.74) is 0.409. The van der Waals surface area contributed by atoms with Crippen LogP contribution in [-0.4, -0.2) is 34.2 Å². The van der Waals surface area contributed by atoms with E-state index in [9.17, 15) is 19.7 Å². The Morgan fingerprint density at radius 1 is 1.19 bits per heavy atom. The summed E-state index contributed by atoms with van der Waals surface area (Å²) in [4.78, 5) is 37.3. The molecule has 27 heavy (non-hydrogen) atoms. The molecule has 1 aliphatic rings. The van der Waals surface area contributed by atoms with Crippen molar-refractivity contribution in [2.24, 2.45) is 0 Å². The number of benzene rings is 2. The van der Waals surface area contributed by atoms with Crippen molar-refractivity contribution in [3.63, 3.8) is 0 Å². The molecule has 1 unspecified atom stereocenters. The number of nitrogens with one attached hydrogen (secondary N) is 1. The predicted molar refractivity (Wildman–Crippen MR) is 102 cm³/mol. The maximum absolute atomic E-state index is 12.8. The Bertz CT molecular complexity index is 919. The standard InChI is InChI=1S/C18H15Cl2N3O4/c19-11-6-7-15(20)14(9-11)18(25)22-8-2-5-16(22)17(24)21-12-3-1-4-13(10-12)23(26)27/h1,3-4,6-7,9-10,16H,2,5,8H2,(H,21,24). The number of rotatable bonds is 4. The van der Waals surface area contributed by atoms with Crippen molar-refractivity contribution in [1.82, 2.24) is 4.90 Å². The van der Waals surface area contributed by atoms with Gasteiger partial charge in [-0.15, -0.1) is 0 Å². The number of carbonyl (C=O) groups excluding carboxylic acids is 2. The van der Waals surface area contributed by atoms with Gasteiger partial charge in [-0.1, -0.05) is 29.3 Å². The maximum Gasteiger partial charge on any atom is 0.271 e. The fourth-order valence-corrected chi connectivity index (χ4v) is 3.39. The van der Waals surface area contributed by atoms with Gasteiger partial charge in [0.25, 0.3) is 11.6 Å². The predicted octanol–water partition coefficient (Wildman–Crippen LogP) is 4.14. The van der Waals surface area contributed by atoms with Gasteiger partial charge < -0.3 is 10.2 Å². The normalized spacial score (nSPS) is 16.2. The molecule has 0 aromatic heterocycles. The molecule has 0 saturated carbocycles. The van der Waals surface area contributed by atoms with Crippen LogP contribution in [0.2, 0.25) is 10.0 Å². The summed E-state index contributed by atoms with van der Waals surface area (Å²) in [5, 5.41) is 14.1. The number of nitro groups is 1. The van der Waals surface area contributed by atoms with Crippen LogP contribution in [0.5, 0.6) is 0 Å². The molecule has 0 bridgehead atoms. The van der Waals surface area contributed by atoms with Crippen molar-refractivity contribution < 1.29 is 14.5 Å². The number of nitro benzene ring substituents is 1. The van der Waals surface area contributed by atoms with E-state index < -0.39 is 16.9 Å². The molecule has 7 nitrogen and oxygen atoms in total. The molecule has 9 heteroatoms. The quantitative estimate of drug-likeness (QED) is 0.608. The van der Waals surface area contributed by atoms with Crippen molar-refractivity contribution in [1.29, 1.82) is 0 Å². The van der Waals surface area contributed by atoms with Crippen molar-refractivity contribution in [2.45, 2.75) is 18.9 Å². The molecule has 1 aliphatic heterocycles. The summed E-state index contributed by atoms with van der Waals surface area (Å²) in [6.45, 7) is 0.411. The number of hydrogen-bond donors (Lipinski definition) is 1. The van der Waals surface area contributed by atoms with Gasteiger partial charge in [-0.05, 0) is 37.1 Å². The number of anilines is 1.